The van der Waals surface area contributed by atoms with Gasteiger partial charge in [-0.2, -0.15) is 0 Å². The zero-order valence-electron chi connectivity index (χ0n) is 10.8. The highest BCUT2D eigenvalue weighted by molar-refractivity contribution is 5.81. The normalized spacial score (nSPS) is 18.6. The molecule has 1 aliphatic rings. The van der Waals surface area contributed by atoms with E-state index in [0.29, 0.717) is 13.1 Å². The lowest BCUT2D eigenvalue weighted by molar-refractivity contribution is -0.120. The van der Waals surface area contributed by atoms with E-state index in [-0.39, 0.29) is 12.0 Å². The van der Waals surface area contributed by atoms with Crippen molar-refractivity contribution >= 4 is 11.6 Å². The number of hydrogen-bond acceptors (Lipinski definition) is 3. The summed E-state index contributed by atoms with van der Waals surface area (Å²) in [6, 6.07) is 9.89. The fraction of sp³-hybridized carbons (Fsp3) is 0.500. The van der Waals surface area contributed by atoms with Crippen LogP contribution in [0.4, 0.5) is 5.69 Å². The smallest absolute Gasteiger partial charge is 0.239 e. The number of para-hydroxylation sites is 1. The van der Waals surface area contributed by atoms with Crippen molar-refractivity contribution in [3.8, 4) is 0 Å². The summed E-state index contributed by atoms with van der Waals surface area (Å²) in [4.78, 5) is 13.7. The summed E-state index contributed by atoms with van der Waals surface area (Å²) in [6.07, 6.45) is 2.36. The van der Waals surface area contributed by atoms with Crippen molar-refractivity contribution < 1.29 is 9.53 Å². The molecule has 0 unspecified atom stereocenters. The lowest BCUT2D eigenvalue weighted by Gasteiger charge is -2.19. The number of benzene rings is 1. The van der Waals surface area contributed by atoms with Gasteiger partial charge in [-0.15, -0.1) is 0 Å². The van der Waals surface area contributed by atoms with Gasteiger partial charge in [0.15, 0.2) is 0 Å². The van der Waals surface area contributed by atoms with Gasteiger partial charge < -0.3 is 15.0 Å². The molecule has 1 fully saturated rings. The average molecular weight is 248 g/mol. The van der Waals surface area contributed by atoms with Crippen molar-refractivity contribution in [3.63, 3.8) is 0 Å². The van der Waals surface area contributed by atoms with Gasteiger partial charge in [0.05, 0.1) is 12.6 Å². The molecule has 2 rings (SSSR count). The van der Waals surface area contributed by atoms with Gasteiger partial charge in [-0.1, -0.05) is 18.2 Å². The minimum Gasteiger partial charge on any atom is -0.376 e. The van der Waals surface area contributed by atoms with E-state index in [4.69, 9.17) is 4.74 Å². The van der Waals surface area contributed by atoms with Gasteiger partial charge in [-0.3, -0.25) is 4.79 Å². The SMILES string of the molecule is CN(CC(=O)NC[C@@H]1CCCO1)c1ccccc1. The molecule has 0 saturated carbocycles. The molecule has 18 heavy (non-hydrogen) atoms. The number of ether oxygens (including phenoxy) is 1. The third-order valence-corrected chi connectivity index (χ3v) is 3.13. The Kier molecular flexibility index (Phi) is 4.59. The molecule has 0 radical (unpaired) electrons. The number of likely N-dealkylation sites (N-methyl/N-ethyl adjacent to an activating group) is 1. The van der Waals surface area contributed by atoms with Gasteiger partial charge in [0.1, 0.15) is 0 Å². The van der Waals surface area contributed by atoms with Crippen molar-refractivity contribution in [2.45, 2.75) is 18.9 Å². The molecule has 4 nitrogen and oxygen atoms in total. The van der Waals surface area contributed by atoms with Gasteiger partial charge in [-0.05, 0) is 25.0 Å². The van der Waals surface area contributed by atoms with Crippen LogP contribution in [-0.2, 0) is 9.53 Å². The van der Waals surface area contributed by atoms with Crippen molar-refractivity contribution in [1.29, 1.82) is 0 Å². The first-order chi connectivity index (χ1) is 8.75. The monoisotopic (exact) mass is 248 g/mol. The van der Waals surface area contributed by atoms with E-state index >= 15 is 0 Å². The second-order valence-electron chi connectivity index (χ2n) is 4.63. The predicted octanol–water partition coefficient (Wildman–Crippen LogP) is 1.42. The van der Waals surface area contributed by atoms with E-state index in [1.54, 1.807) is 0 Å². The van der Waals surface area contributed by atoms with Crippen LogP contribution in [0.5, 0.6) is 0 Å². The highest BCUT2D eigenvalue weighted by Gasteiger charge is 2.16. The number of amides is 1. The summed E-state index contributed by atoms with van der Waals surface area (Å²) in [5.41, 5.74) is 1.05. The lowest BCUT2D eigenvalue weighted by atomic mass is 10.2. The molecule has 4 heteroatoms. The lowest BCUT2D eigenvalue weighted by Crippen LogP contribution is -2.38. The summed E-state index contributed by atoms with van der Waals surface area (Å²) >= 11 is 0. The molecule has 0 aliphatic carbocycles. The second-order valence-corrected chi connectivity index (χ2v) is 4.63. The molecular formula is C14H20N2O2. The van der Waals surface area contributed by atoms with Crippen LogP contribution >= 0.6 is 0 Å². The molecule has 1 aromatic rings. The minimum atomic E-state index is 0.0388. The first-order valence-electron chi connectivity index (χ1n) is 6.40. The topological polar surface area (TPSA) is 41.6 Å². The van der Waals surface area contributed by atoms with E-state index in [1.807, 2.05) is 42.3 Å². The number of carbonyl (C=O) groups excluding carboxylic acids is 1. The molecule has 1 aliphatic heterocycles. The fourth-order valence-electron chi connectivity index (χ4n) is 2.08. The molecule has 1 atom stereocenters. The Bertz CT molecular complexity index is 375. The Balaban J connectivity index is 1.73. The summed E-state index contributed by atoms with van der Waals surface area (Å²) in [7, 11) is 1.92. The zero-order chi connectivity index (χ0) is 12.8. The molecule has 0 aromatic heterocycles. The van der Waals surface area contributed by atoms with Crippen LogP contribution in [0, 0.1) is 0 Å². The zero-order valence-corrected chi connectivity index (χ0v) is 10.8. The molecule has 1 heterocycles. The van der Waals surface area contributed by atoms with E-state index in [0.717, 1.165) is 25.1 Å². The highest BCUT2D eigenvalue weighted by atomic mass is 16.5. The number of rotatable bonds is 5. The maximum absolute atomic E-state index is 11.8. The molecule has 1 N–H and O–H groups in total. The molecule has 0 bridgehead atoms. The standard InChI is InChI=1S/C14H20N2O2/c1-16(12-6-3-2-4-7-12)11-14(17)15-10-13-8-5-9-18-13/h2-4,6-7,13H,5,8-11H2,1H3,(H,15,17)/t13-/m0/s1. The second kappa shape index (κ2) is 6.40. The molecular weight excluding hydrogens is 228 g/mol. The summed E-state index contributed by atoms with van der Waals surface area (Å²) in [6.45, 7) is 1.82. The Labute approximate surface area is 108 Å². The van der Waals surface area contributed by atoms with Crippen LogP contribution in [0.3, 0.4) is 0 Å². The van der Waals surface area contributed by atoms with Crippen LogP contribution in [0.2, 0.25) is 0 Å². The first-order valence-corrected chi connectivity index (χ1v) is 6.40. The van der Waals surface area contributed by atoms with E-state index in [2.05, 4.69) is 5.32 Å². The van der Waals surface area contributed by atoms with Gasteiger partial charge in [0.25, 0.3) is 0 Å². The van der Waals surface area contributed by atoms with Crippen molar-refractivity contribution in [2.24, 2.45) is 0 Å². The Morgan fingerprint density at radius 2 is 2.22 bits per heavy atom. The van der Waals surface area contributed by atoms with Crippen LogP contribution in [0.25, 0.3) is 0 Å². The molecule has 0 spiro atoms. The largest absolute Gasteiger partial charge is 0.376 e. The first kappa shape index (κ1) is 12.9. The molecule has 1 aromatic carbocycles. The molecule has 98 valence electrons. The Morgan fingerprint density at radius 3 is 2.89 bits per heavy atom. The van der Waals surface area contributed by atoms with Crippen LogP contribution in [0.1, 0.15) is 12.8 Å². The highest BCUT2D eigenvalue weighted by Crippen LogP contribution is 2.11. The van der Waals surface area contributed by atoms with Gasteiger partial charge in [0, 0.05) is 25.9 Å². The third-order valence-electron chi connectivity index (χ3n) is 3.13. The maximum Gasteiger partial charge on any atom is 0.239 e. The quantitative estimate of drug-likeness (QED) is 0.857. The number of nitrogens with one attached hydrogen (secondary N) is 1. The summed E-state index contributed by atoms with van der Waals surface area (Å²) in [5, 5.41) is 2.92. The Morgan fingerprint density at radius 1 is 1.44 bits per heavy atom. The van der Waals surface area contributed by atoms with Gasteiger partial charge in [-0.25, -0.2) is 0 Å². The van der Waals surface area contributed by atoms with Crippen LogP contribution in [0.15, 0.2) is 30.3 Å². The average Bonchev–Trinajstić information content (AvgIpc) is 2.90. The molecule has 1 saturated heterocycles. The number of anilines is 1. The summed E-state index contributed by atoms with van der Waals surface area (Å²) < 4.78 is 5.46. The van der Waals surface area contributed by atoms with Crippen molar-refractivity contribution in [3.05, 3.63) is 30.3 Å². The predicted molar refractivity (Wildman–Crippen MR) is 71.7 cm³/mol. The number of nitrogens with zero attached hydrogens (tertiary/aromatic N) is 1. The number of hydrogen-bond donors (Lipinski definition) is 1. The van der Waals surface area contributed by atoms with Crippen LogP contribution < -0.4 is 10.2 Å². The Hall–Kier alpha value is -1.55. The van der Waals surface area contributed by atoms with Crippen LogP contribution in [-0.4, -0.2) is 38.8 Å². The van der Waals surface area contributed by atoms with Gasteiger partial charge >= 0.3 is 0 Å². The fourth-order valence-corrected chi connectivity index (χ4v) is 2.08. The number of carbonyl (C=O) groups is 1. The van der Waals surface area contributed by atoms with E-state index < -0.39 is 0 Å². The maximum atomic E-state index is 11.8. The van der Waals surface area contributed by atoms with E-state index in [9.17, 15) is 4.79 Å². The van der Waals surface area contributed by atoms with Crippen molar-refractivity contribution in [2.75, 3.05) is 31.6 Å². The molecule has 1 amide bonds. The minimum absolute atomic E-state index is 0.0388. The summed E-state index contributed by atoms with van der Waals surface area (Å²) in [5.74, 6) is 0.0388. The van der Waals surface area contributed by atoms with Gasteiger partial charge in [0.2, 0.25) is 5.91 Å². The van der Waals surface area contributed by atoms with E-state index in [1.165, 1.54) is 0 Å². The van der Waals surface area contributed by atoms with Crippen molar-refractivity contribution in [1.82, 2.24) is 5.32 Å². The third kappa shape index (κ3) is 3.74.